The molecule has 0 aliphatic heterocycles. The van der Waals surface area contributed by atoms with Gasteiger partial charge in [-0.3, -0.25) is 14.9 Å². The first kappa shape index (κ1) is 24.9. The Labute approximate surface area is 212 Å². The number of nitriles is 1. The van der Waals surface area contributed by atoms with Crippen LogP contribution in [-0.4, -0.2) is 30.8 Å². The highest BCUT2D eigenvalue weighted by molar-refractivity contribution is 7.16. The standard InChI is InChI=1S/C26H24N4O5S/c1-16-7-9-18(30(32)33)12-21(16)29-25(31)15-35-22-10-8-17(11-23(22)34-2)14-28-26-20(13-27)19-5-3-4-6-24(19)36-26/h7-12,14H,3-6,15H2,1-2H3,(H,29,31). The third kappa shape index (κ3) is 5.53. The number of nitrogens with one attached hydrogen (secondary N) is 1. The van der Waals surface area contributed by atoms with Crippen molar-refractivity contribution in [2.24, 2.45) is 4.99 Å². The van der Waals surface area contributed by atoms with Crippen LogP contribution >= 0.6 is 11.3 Å². The number of carbonyl (C=O) groups excluding carboxylic acids is 1. The van der Waals surface area contributed by atoms with E-state index in [0.29, 0.717) is 28.3 Å². The summed E-state index contributed by atoms with van der Waals surface area (Å²) in [7, 11) is 1.50. The summed E-state index contributed by atoms with van der Waals surface area (Å²) in [6, 6.07) is 11.8. The number of rotatable bonds is 8. The van der Waals surface area contributed by atoms with E-state index in [2.05, 4.69) is 16.4 Å². The van der Waals surface area contributed by atoms with Gasteiger partial charge < -0.3 is 14.8 Å². The fraction of sp³-hybridized carbons (Fsp3) is 0.269. The lowest BCUT2D eigenvalue weighted by atomic mass is 9.96. The Morgan fingerprint density at radius 3 is 2.81 bits per heavy atom. The molecule has 1 N–H and O–H groups in total. The molecule has 184 valence electrons. The summed E-state index contributed by atoms with van der Waals surface area (Å²) in [5, 5.41) is 24.0. The number of methoxy groups -OCH3 is 1. The Morgan fingerprint density at radius 1 is 1.25 bits per heavy atom. The van der Waals surface area contributed by atoms with Gasteiger partial charge in [-0.2, -0.15) is 5.26 Å². The van der Waals surface area contributed by atoms with E-state index in [0.717, 1.165) is 41.8 Å². The van der Waals surface area contributed by atoms with Gasteiger partial charge in [-0.1, -0.05) is 6.07 Å². The van der Waals surface area contributed by atoms with E-state index < -0.39 is 10.8 Å². The Bertz CT molecular complexity index is 1390. The highest BCUT2D eigenvalue weighted by atomic mass is 32.1. The van der Waals surface area contributed by atoms with Gasteiger partial charge in [0, 0.05) is 23.2 Å². The summed E-state index contributed by atoms with van der Waals surface area (Å²) in [6.07, 6.45) is 5.85. The third-order valence-corrected chi connectivity index (χ3v) is 7.05. The molecule has 3 aromatic rings. The minimum absolute atomic E-state index is 0.111. The molecule has 0 saturated heterocycles. The molecule has 0 spiro atoms. The van der Waals surface area contributed by atoms with Crippen LogP contribution < -0.4 is 14.8 Å². The van der Waals surface area contributed by atoms with Crippen molar-refractivity contribution in [3.05, 3.63) is 73.6 Å². The van der Waals surface area contributed by atoms with E-state index >= 15 is 0 Å². The maximum absolute atomic E-state index is 12.4. The number of nitro benzene ring substituents is 1. The number of thiophene rings is 1. The zero-order valence-corrected chi connectivity index (χ0v) is 20.7. The summed E-state index contributed by atoms with van der Waals surface area (Å²) < 4.78 is 11.1. The van der Waals surface area contributed by atoms with E-state index in [-0.39, 0.29) is 12.3 Å². The van der Waals surface area contributed by atoms with Crippen LogP contribution in [0.5, 0.6) is 11.5 Å². The quantitative estimate of drug-likeness (QED) is 0.245. The maximum atomic E-state index is 12.4. The Balaban J connectivity index is 1.43. The number of hydrogen-bond acceptors (Lipinski definition) is 8. The summed E-state index contributed by atoms with van der Waals surface area (Å²) in [4.78, 5) is 28.7. The Hall–Kier alpha value is -4.23. The van der Waals surface area contributed by atoms with Gasteiger partial charge >= 0.3 is 0 Å². The van der Waals surface area contributed by atoms with E-state index in [1.165, 1.54) is 24.1 Å². The van der Waals surface area contributed by atoms with Crippen LogP contribution in [0.25, 0.3) is 0 Å². The number of aryl methyl sites for hydroxylation is 2. The second-order valence-electron chi connectivity index (χ2n) is 8.26. The lowest BCUT2D eigenvalue weighted by Crippen LogP contribution is -2.21. The molecule has 1 aliphatic rings. The molecule has 1 amide bonds. The Kier molecular flexibility index (Phi) is 7.61. The van der Waals surface area contributed by atoms with Gasteiger partial charge in [0.15, 0.2) is 18.1 Å². The van der Waals surface area contributed by atoms with Crippen LogP contribution in [0.3, 0.4) is 0 Å². The van der Waals surface area contributed by atoms with Gasteiger partial charge in [0.2, 0.25) is 0 Å². The first-order valence-corrected chi connectivity index (χ1v) is 12.2. The number of non-ortho nitro benzene ring substituents is 1. The molecule has 1 aliphatic carbocycles. The zero-order valence-electron chi connectivity index (χ0n) is 19.9. The summed E-state index contributed by atoms with van der Waals surface area (Å²) in [6.45, 7) is 1.44. The molecule has 0 bridgehead atoms. The molecule has 1 aromatic heterocycles. The monoisotopic (exact) mass is 504 g/mol. The first-order chi connectivity index (χ1) is 17.4. The molecule has 1 heterocycles. The molecule has 0 saturated carbocycles. The number of anilines is 1. The molecule has 10 heteroatoms. The largest absolute Gasteiger partial charge is 0.493 e. The number of amides is 1. The SMILES string of the molecule is COc1cc(C=Nc2sc3c(c2C#N)CCCC3)ccc1OCC(=O)Nc1cc([N+](=O)[O-])ccc1C. The predicted octanol–water partition coefficient (Wildman–Crippen LogP) is 5.49. The van der Waals surface area contributed by atoms with Crippen molar-refractivity contribution in [1.82, 2.24) is 0 Å². The van der Waals surface area contributed by atoms with Crippen molar-refractivity contribution in [2.75, 3.05) is 19.0 Å². The number of hydrogen-bond donors (Lipinski definition) is 1. The van der Waals surface area contributed by atoms with Crippen LogP contribution in [0.1, 0.15) is 40.0 Å². The topological polar surface area (TPSA) is 127 Å². The molecular weight excluding hydrogens is 480 g/mol. The van der Waals surface area contributed by atoms with E-state index in [1.807, 2.05) is 0 Å². The van der Waals surface area contributed by atoms with Gasteiger partial charge in [0.05, 0.1) is 23.3 Å². The van der Waals surface area contributed by atoms with Crippen molar-refractivity contribution in [3.8, 4) is 17.6 Å². The molecular formula is C26H24N4O5S. The minimum Gasteiger partial charge on any atom is -0.493 e. The second kappa shape index (κ2) is 11.0. The van der Waals surface area contributed by atoms with Crippen molar-refractivity contribution in [1.29, 1.82) is 5.26 Å². The third-order valence-electron chi connectivity index (χ3n) is 5.85. The average molecular weight is 505 g/mol. The van der Waals surface area contributed by atoms with Gasteiger partial charge in [-0.25, -0.2) is 4.99 Å². The van der Waals surface area contributed by atoms with Gasteiger partial charge in [0.1, 0.15) is 11.1 Å². The highest BCUT2D eigenvalue weighted by Crippen LogP contribution is 2.39. The lowest BCUT2D eigenvalue weighted by molar-refractivity contribution is -0.384. The number of nitro groups is 1. The van der Waals surface area contributed by atoms with Crippen LogP contribution in [0.15, 0.2) is 41.4 Å². The van der Waals surface area contributed by atoms with Gasteiger partial charge in [0.25, 0.3) is 11.6 Å². The van der Waals surface area contributed by atoms with Crippen LogP contribution in [-0.2, 0) is 17.6 Å². The van der Waals surface area contributed by atoms with Crippen molar-refractivity contribution >= 4 is 39.8 Å². The number of nitrogens with zero attached hydrogens (tertiary/aromatic N) is 3. The smallest absolute Gasteiger partial charge is 0.271 e. The number of fused-ring (bicyclic) bond motifs is 1. The summed E-state index contributed by atoms with van der Waals surface area (Å²) >= 11 is 1.58. The first-order valence-electron chi connectivity index (χ1n) is 11.3. The minimum atomic E-state index is -0.519. The average Bonchev–Trinajstić information content (AvgIpc) is 3.25. The summed E-state index contributed by atoms with van der Waals surface area (Å²) in [5.41, 5.74) is 3.50. The summed E-state index contributed by atoms with van der Waals surface area (Å²) in [5.74, 6) is 0.325. The number of aliphatic imine (C=N–C) groups is 1. The maximum Gasteiger partial charge on any atom is 0.271 e. The van der Waals surface area contributed by atoms with Gasteiger partial charge in [-0.05, 0) is 67.5 Å². The second-order valence-corrected chi connectivity index (χ2v) is 9.35. The van der Waals surface area contributed by atoms with E-state index in [9.17, 15) is 20.2 Å². The molecule has 0 fully saturated rings. The van der Waals surface area contributed by atoms with E-state index in [1.54, 1.807) is 48.7 Å². The van der Waals surface area contributed by atoms with Crippen molar-refractivity contribution < 1.29 is 19.2 Å². The number of ether oxygens (including phenoxy) is 2. The Morgan fingerprint density at radius 2 is 2.06 bits per heavy atom. The van der Waals surface area contributed by atoms with Crippen LogP contribution in [0.4, 0.5) is 16.4 Å². The molecule has 0 radical (unpaired) electrons. The zero-order chi connectivity index (χ0) is 25.7. The molecule has 2 aromatic carbocycles. The molecule has 36 heavy (non-hydrogen) atoms. The van der Waals surface area contributed by atoms with Crippen molar-refractivity contribution in [3.63, 3.8) is 0 Å². The fourth-order valence-electron chi connectivity index (χ4n) is 3.96. The normalized spacial score (nSPS) is 12.6. The van der Waals surface area contributed by atoms with Crippen LogP contribution in [0, 0.1) is 28.4 Å². The molecule has 0 atom stereocenters. The fourth-order valence-corrected chi connectivity index (χ4v) is 5.15. The van der Waals surface area contributed by atoms with Crippen LogP contribution in [0.2, 0.25) is 0 Å². The van der Waals surface area contributed by atoms with E-state index in [4.69, 9.17) is 9.47 Å². The van der Waals surface area contributed by atoms with Gasteiger partial charge in [-0.15, -0.1) is 11.3 Å². The van der Waals surface area contributed by atoms with Crippen molar-refractivity contribution in [2.45, 2.75) is 32.6 Å². The predicted molar refractivity (Wildman–Crippen MR) is 138 cm³/mol. The highest BCUT2D eigenvalue weighted by Gasteiger charge is 2.20. The molecule has 0 unspecified atom stereocenters. The lowest BCUT2D eigenvalue weighted by Gasteiger charge is -2.12. The molecule has 9 nitrogen and oxygen atoms in total. The number of benzene rings is 2. The molecule has 4 rings (SSSR count). The number of carbonyl (C=O) groups is 1.